The summed E-state index contributed by atoms with van der Waals surface area (Å²) in [5, 5.41) is 1.99. The molecule has 0 aliphatic rings. The minimum Gasteiger partial charge on any atom is -0.455 e. The van der Waals surface area contributed by atoms with E-state index in [1.807, 2.05) is 5.32 Å². The maximum Gasteiger partial charge on any atom is 0.321 e. The van der Waals surface area contributed by atoms with Crippen LogP contribution in [0.4, 0.5) is 8.78 Å². The summed E-state index contributed by atoms with van der Waals surface area (Å²) in [6.45, 7) is -1.77. The van der Waals surface area contributed by atoms with E-state index in [0.717, 1.165) is 6.07 Å². The van der Waals surface area contributed by atoms with E-state index < -0.39 is 57.5 Å². The average molecular weight is 494 g/mol. The Hall–Kier alpha value is -2.64. The predicted octanol–water partition coefficient (Wildman–Crippen LogP) is 0.844. The van der Waals surface area contributed by atoms with Crippen molar-refractivity contribution in [1.82, 2.24) is 14.6 Å². The van der Waals surface area contributed by atoms with Crippen molar-refractivity contribution in [2.75, 3.05) is 13.2 Å². The van der Waals surface area contributed by atoms with Crippen molar-refractivity contribution in [3.63, 3.8) is 0 Å². The smallest absolute Gasteiger partial charge is 0.321 e. The van der Waals surface area contributed by atoms with Crippen molar-refractivity contribution in [3.8, 4) is 0 Å². The maximum atomic E-state index is 13.8. The lowest BCUT2D eigenvalue weighted by atomic mass is 10.3. The first kappa shape index (κ1) is 22.6. The lowest BCUT2D eigenvalue weighted by molar-refractivity contribution is -0.147. The second-order valence-corrected chi connectivity index (χ2v) is 8.12. The fourth-order valence-corrected chi connectivity index (χ4v) is 4.26. The first-order valence-electron chi connectivity index (χ1n) is 7.76. The minimum absolute atomic E-state index is 0.198. The molecule has 1 aromatic carbocycles. The number of esters is 1. The number of aryl methyl sites for hydroxylation is 1. The number of benzene rings is 1. The van der Waals surface area contributed by atoms with Gasteiger partial charge in [0.2, 0.25) is 10.0 Å². The van der Waals surface area contributed by atoms with E-state index in [1.165, 1.54) is 10.6 Å². The summed E-state index contributed by atoms with van der Waals surface area (Å²) in [5.41, 5.74) is 0.198. The molecule has 2 amide bonds. The number of carbonyl (C=O) groups is 3. The molecule has 0 aliphatic carbocycles. The number of carbonyl (C=O) groups excluding carboxylic acids is 3. The predicted molar refractivity (Wildman–Crippen MR) is 98.1 cm³/mol. The number of ether oxygens (including phenoxy) is 1. The first-order chi connectivity index (χ1) is 13.5. The summed E-state index contributed by atoms with van der Waals surface area (Å²) in [5.74, 6) is -5.16. The SMILES string of the molecule is Cn1cccc1C(=O)NC(=O)COC(=O)CNS(=O)(=O)c1c(F)cc(F)cc1Br. The van der Waals surface area contributed by atoms with Crippen LogP contribution in [0.2, 0.25) is 0 Å². The number of hydrogen-bond acceptors (Lipinski definition) is 6. The molecule has 0 fully saturated rings. The van der Waals surface area contributed by atoms with E-state index in [-0.39, 0.29) is 10.2 Å². The number of halogens is 3. The second-order valence-electron chi connectivity index (χ2n) is 5.57. The van der Waals surface area contributed by atoms with Crippen LogP contribution >= 0.6 is 15.9 Å². The summed E-state index contributed by atoms with van der Waals surface area (Å²) in [7, 11) is -2.93. The normalized spacial score (nSPS) is 11.2. The summed E-state index contributed by atoms with van der Waals surface area (Å²) in [6, 6.07) is 4.17. The largest absolute Gasteiger partial charge is 0.455 e. The molecule has 2 rings (SSSR count). The Labute approximate surface area is 172 Å². The highest BCUT2D eigenvalue weighted by molar-refractivity contribution is 9.10. The first-order valence-corrected chi connectivity index (χ1v) is 10.0. The fourth-order valence-electron chi connectivity index (χ4n) is 2.13. The van der Waals surface area contributed by atoms with Crippen molar-refractivity contribution >= 4 is 43.7 Å². The molecule has 156 valence electrons. The van der Waals surface area contributed by atoms with Crippen molar-refractivity contribution in [2.45, 2.75) is 4.90 Å². The topological polar surface area (TPSA) is 124 Å². The monoisotopic (exact) mass is 493 g/mol. The highest BCUT2D eigenvalue weighted by Crippen LogP contribution is 2.25. The van der Waals surface area contributed by atoms with Gasteiger partial charge < -0.3 is 9.30 Å². The van der Waals surface area contributed by atoms with Gasteiger partial charge in [-0.2, -0.15) is 4.72 Å². The van der Waals surface area contributed by atoms with Gasteiger partial charge in [-0.15, -0.1) is 0 Å². The van der Waals surface area contributed by atoms with E-state index in [2.05, 4.69) is 20.7 Å². The van der Waals surface area contributed by atoms with Crippen LogP contribution in [0.15, 0.2) is 39.8 Å². The van der Waals surface area contributed by atoms with Crippen molar-refractivity contribution in [1.29, 1.82) is 0 Å². The van der Waals surface area contributed by atoms with Crippen molar-refractivity contribution < 1.29 is 36.3 Å². The zero-order valence-corrected chi connectivity index (χ0v) is 17.1. The molecule has 0 saturated carbocycles. The number of nitrogens with zero attached hydrogens (tertiary/aromatic N) is 1. The third-order valence-electron chi connectivity index (χ3n) is 3.43. The van der Waals surface area contributed by atoms with E-state index >= 15 is 0 Å². The number of imide groups is 1. The van der Waals surface area contributed by atoms with Gasteiger partial charge in [0.25, 0.3) is 11.8 Å². The van der Waals surface area contributed by atoms with Gasteiger partial charge in [-0.25, -0.2) is 17.2 Å². The van der Waals surface area contributed by atoms with Crippen LogP contribution in [0.25, 0.3) is 0 Å². The van der Waals surface area contributed by atoms with Crippen LogP contribution in [-0.4, -0.2) is 43.9 Å². The summed E-state index contributed by atoms with van der Waals surface area (Å²) in [6.07, 6.45) is 1.59. The molecular weight excluding hydrogens is 480 g/mol. The Morgan fingerprint density at radius 3 is 2.52 bits per heavy atom. The number of nitrogens with one attached hydrogen (secondary N) is 2. The number of rotatable bonds is 7. The van der Waals surface area contributed by atoms with Crippen LogP contribution in [0, 0.1) is 11.6 Å². The van der Waals surface area contributed by atoms with Crippen LogP contribution in [0.5, 0.6) is 0 Å². The number of amides is 2. The summed E-state index contributed by atoms with van der Waals surface area (Å²) < 4.78 is 58.4. The third kappa shape index (κ3) is 5.92. The number of hydrogen-bond donors (Lipinski definition) is 2. The quantitative estimate of drug-likeness (QED) is 0.551. The molecular formula is C16H14BrF2N3O6S. The zero-order valence-electron chi connectivity index (χ0n) is 14.7. The van der Waals surface area contributed by atoms with Crippen LogP contribution < -0.4 is 10.0 Å². The minimum atomic E-state index is -4.52. The third-order valence-corrected chi connectivity index (χ3v) is 5.80. The summed E-state index contributed by atoms with van der Waals surface area (Å²) in [4.78, 5) is 34.2. The molecule has 2 aromatic rings. The Morgan fingerprint density at radius 1 is 1.24 bits per heavy atom. The lowest BCUT2D eigenvalue weighted by Gasteiger charge is -2.10. The number of aromatic nitrogens is 1. The average Bonchev–Trinajstić information content (AvgIpc) is 3.03. The van der Waals surface area contributed by atoms with Crippen LogP contribution in [0.1, 0.15) is 10.5 Å². The van der Waals surface area contributed by atoms with Gasteiger partial charge in [-0.05, 0) is 34.1 Å². The molecule has 0 aliphatic heterocycles. The Kier molecular flexibility index (Phi) is 7.21. The Balaban J connectivity index is 1.87. The second kappa shape index (κ2) is 9.24. The maximum absolute atomic E-state index is 13.8. The van der Waals surface area contributed by atoms with Crippen molar-refractivity contribution in [2.24, 2.45) is 7.05 Å². The van der Waals surface area contributed by atoms with Gasteiger partial charge in [0, 0.05) is 23.8 Å². The van der Waals surface area contributed by atoms with Gasteiger partial charge in [-0.1, -0.05) is 0 Å². The van der Waals surface area contributed by atoms with Crippen LogP contribution in [0.3, 0.4) is 0 Å². The van der Waals surface area contributed by atoms with Crippen molar-refractivity contribution in [3.05, 3.63) is 52.3 Å². The van der Waals surface area contributed by atoms with Crippen LogP contribution in [-0.2, 0) is 31.4 Å². The van der Waals surface area contributed by atoms with E-state index in [4.69, 9.17) is 0 Å². The lowest BCUT2D eigenvalue weighted by Crippen LogP contribution is -2.37. The molecule has 0 radical (unpaired) electrons. The number of sulfonamides is 1. The summed E-state index contributed by atoms with van der Waals surface area (Å²) >= 11 is 2.73. The Bertz CT molecular complexity index is 1050. The van der Waals surface area contributed by atoms with Gasteiger partial charge in [0.05, 0.1) is 0 Å². The molecule has 0 bridgehead atoms. The standard InChI is InChI=1S/C16H14BrF2N3O6S/c1-22-4-2-3-12(22)16(25)21-13(23)8-28-14(24)7-20-29(26,27)15-10(17)5-9(18)6-11(15)19/h2-6,20H,7-8H2,1H3,(H,21,23,25). The van der Waals surface area contributed by atoms with Gasteiger partial charge in [0.15, 0.2) is 6.61 Å². The van der Waals surface area contributed by atoms with E-state index in [9.17, 15) is 31.6 Å². The molecule has 2 N–H and O–H groups in total. The molecule has 0 atom stereocenters. The molecule has 29 heavy (non-hydrogen) atoms. The molecule has 9 nitrogen and oxygen atoms in total. The molecule has 0 saturated heterocycles. The van der Waals surface area contributed by atoms with Gasteiger partial charge >= 0.3 is 5.97 Å². The Morgan fingerprint density at radius 2 is 1.93 bits per heavy atom. The van der Waals surface area contributed by atoms with E-state index in [1.54, 1.807) is 24.0 Å². The van der Waals surface area contributed by atoms with E-state index in [0.29, 0.717) is 6.07 Å². The molecule has 0 spiro atoms. The molecule has 13 heteroatoms. The highest BCUT2D eigenvalue weighted by atomic mass is 79.9. The molecule has 1 aromatic heterocycles. The highest BCUT2D eigenvalue weighted by Gasteiger charge is 2.25. The molecule has 0 unspecified atom stereocenters. The fraction of sp³-hybridized carbons (Fsp3) is 0.188. The van der Waals surface area contributed by atoms with Gasteiger partial charge in [-0.3, -0.25) is 19.7 Å². The zero-order chi connectivity index (χ0) is 21.8. The molecule has 1 heterocycles. The van der Waals surface area contributed by atoms with Gasteiger partial charge in [0.1, 0.15) is 28.8 Å².